The molecule has 0 bridgehead atoms. The number of halogens is 1. The molecule has 0 amide bonds. The fraction of sp³-hybridized carbons (Fsp3) is 0.562. The summed E-state index contributed by atoms with van der Waals surface area (Å²) in [7, 11) is 3.67. The first kappa shape index (κ1) is 16.5. The van der Waals surface area contributed by atoms with Crippen LogP contribution >= 0.6 is 15.9 Å². The Morgan fingerprint density at radius 1 is 1.43 bits per heavy atom. The molecular weight excluding hydrogens is 364 g/mol. The number of methoxy groups -OCH3 is 1. The summed E-state index contributed by atoms with van der Waals surface area (Å²) in [5.41, 5.74) is 0.953. The first-order valence-corrected chi connectivity index (χ1v) is 8.46. The third-order valence-electron chi connectivity index (χ3n) is 4.44. The molecule has 2 aliphatic rings. The van der Waals surface area contributed by atoms with E-state index < -0.39 is 5.97 Å². The fourth-order valence-electron chi connectivity index (χ4n) is 3.17. The lowest BCUT2D eigenvalue weighted by Crippen LogP contribution is -2.51. The molecule has 2 heterocycles. The van der Waals surface area contributed by atoms with Crippen LogP contribution in [0.4, 0.5) is 0 Å². The number of carboxylic acid groups (broad SMARTS) is 1. The molecule has 0 spiro atoms. The van der Waals surface area contributed by atoms with Crippen molar-refractivity contribution in [3.8, 4) is 11.5 Å². The smallest absolute Gasteiger partial charge is 0.307 e. The molecule has 0 aliphatic carbocycles. The number of likely N-dealkylation sites (N-methyl/N-ethyl adjacent to an activating group) is 1. The van der Waals surface area contributed by atoms with Crippen molar-refractivity contribution in [2.75, 3.05) is 33.8 Å². The average molecular weight is 385 g/mol. The second kappa shape index (κ2) is 6.67. The second-order valence-corrected chi connectivity index (χ2v) is 7.13. The highest BCUT2D eigenvalue weighted by Gasteiger charge is 2.34. The van der Waals surface area contributed by atoms with E-state index in [9.17, 15) is 9.90 Å². The standard InChI is InChI=1S/C16H21BrN2O4/c1-19-7-11(8-19)23-15-12(4-10(17)5-14(15)22-2)13-3-9(6-18-13)16(20)21/h4-5,9,11,13,18H,3,6-8H2,1-2H3,(H,20,21). The molecule has 0 saturated carbocycles. The second-order valence-electron chi connectivity index (χ2n) is 6.22. The first-order chi connectivity index (χ1) is 11.0. The number of ether oxygens (including phenoxy) is 2. The van der Waals surface area contributed by atoms with Gasteiger partial charge < -0.3 is 19.9 Å². The highest BCUT2D eigenvalue weighted by atomic mass is 79.9. The number of nitrogens with zero attached hydrogens (tertiary/aromatic N) is 1. The molecule has 6 nitrogen and oxygen atoms in total. The lowest BCUT2D eigenvalue weighted by molar-refractivity contribution is -0.141. The summed E-state index contributed by atoms with van der Waals surface area (Å²) in [4.78, 5) is 13.4. The van der Waals surface area contributed by atoms with Gasteiger partial charge >= 0.3 is 5.97 Å². The van der Waals surface area contributed by atoms with Gasteiger partial charge in [-0.25, -0.2) is 0 Å². The largest absolute Gasteiger partial charge is 0.493 e. The molecule has 126 valence electrons. The van der Waals surface area contributed by atoms with E-state index in [2.05, 4.69) is 33.2 Å². The lowest BCUT2D eigenvalue weighted by atomic mass is 9.99. The highest BCUT2D eigenvalue weighted by Crippen LogP contribution is 2.42. The van der Waals surface area contributed by atoms with Gasteiger partial charge in [-0.1, -0.05) is 15.9 Å². The Morgan fingerprint density at radius 2 is 2.17 bits per heavy atom. The van der Waals surface area contributed by atoms with Gasteiger partial charge in [-0.3, -0.25) is 9.69 Å². The van der Waals surface area contributed by atoms with E-state index in [0.29, 0.717) is 18.7 Å². The predicted octanol–water partition coefficient (Wildman–Crippen LogP) is 1.89. The summed E-state index contributed by atoms with van der Waals surface area (Å²) in [6.45, 7) is 2.24. The summed E-state index contributed by atoms with van der Waals surface area (Å²) in [6.07, 6.45) is 0.695. The van der Waals surface area contributed by atoms with Crippen LogP contribution in [-0.2, 0) is 4.79 Å². The SMILES string of the molecule is COc1cc(Br)cc(C2CC(C(=O)O)CN2)c1OC1CN(C)C1. The van der Waals surface area contributed by atoms with Crippen LogP contribution in [-0.4, -0.2) is 55.9 Å². The van der Waals surface area contributed by atoms with Gasteiger partial charge in [0.25, 0.3) is 0 Å². The van der Waals surface area contributed by atoms with Crippen molar-refractivity contribution in [2.45, 2.75) is 18.6 Å². The molecular formula is C16H21BrN2O4. The molecule has 0 aromatic heterocycles. The van der Waals surface area contributed by atoms with Crippen LogP contribution in [0.2, 0.25) is 0 Å². The zero-order valence-corrected chi connectivity index (χ0v) is 14.8. The maximum atomic E-state index is 11.2. The molecule has 23 heavy (non-hydrogen) atoms. The Morgan fingerprint density at radius 3 is 2.74 bits per heavy atom. The lowest BCUT2D eigenvalue weighted by Gasteiger charge is -2.37. The van der Waals surface area contributed by atoms with Crippen molar-refractivity contribution in [3.05, 3.63) is 22.2 Å². The Hall–Kier alpha value is -1.31. The van der Waals surface area contributed by atoms with Crippen molar-refractivity contribution in [1.82, 2.24) is 10.2 Å². The number of benzene rings is 1. The maximum absolute atomic E-state index is 11.2. The van der Waals surface area contributed by atoms with E-state index in [0.717, 1.165) is 28.9 Å². The van der Waals surface area contributed by atoms with Crippen LogP contribution in [0, 0.1) is 5.92 Å². The van der Waals surface area contributed by atoms with E-state index in [1.165, 1.54) is 0 Å². The Labute approximate surface area is 143 Å². The highest BCUT2D eigenvalue weighted by molar-refractivity contribution is 9.10. The number of carboxylic acids is 1. The Bertz CT molecular complexity index is 604. The number of hydrogen-bond donors (Lipinski definition) is 2. The Kier molecular flexibility index (Phi) is 4.79. The molecule has 2 fully saturated rings. The van der Waals surface area contributed by atoms with Crippen molar-refractivity contribution < 1.29 is 19.4 Å². The first-order valence-electron chi connectivity index (χ1n) is 7.66. The molecule has 2 N–H and O–H groups in total. The minimum absolute atomic E-state index is 0.0460. The van der Waals surface area contributed by atoms with Gasteiger partial charge in [0, 0.05) is 35.7 Å². The number of carbonyl (C=O) groups is 1. The van der Waals surface area contributed by atoms with Crippen LogP contribution in [0.3, 0.4) is 0 Å². The third-order valence-corrected chi connectivity index (χ3v) is 4.90. The van der Waals surface area contributed by atoms with Gasteiger partial charge in [-0.15, -0.1) is 0 Å². The van der Waals surface area contributed by atoms with Gasteiger partial charge in [-0.05, 0) is 25.6 Å². The summed E-state index contributed by atoms with van der Waals surface area (Å²) in [6, 6.07) is 3.82. The van der Waals surface area contributed by atoms with Crippen LogP contribution in [0.25, 0.3) is 0 Å². The number of hydrogen-bond acceptors (Lipinski definition) is 5. The van der Waals surface area contributed by atoms with Crippen molar-refractivity contribution >= 4 is 21.9 Å². The number of aliphatic carboxylic acids is 1. The molecule has 1 aromatic rings. The minimum Gasteiger partial charge on any atom is -0.493 e. The fourth-order valence-corrected chi connectivity index (χ4v) is 3.62. The summed E-state index contributed by atoms with van der Waals surface area (Å²) >= 11 is 3.50. The number of rotatable bonds is 5. The van der Waals surface area contributed by atoms with Crippen molar-refractivity contribution in [1.29, 1.82) is 0 Å². The minimum atomic E-state index is -0.759. The zero-order chi connectivity index (χ0) is 16.6. The van der Waals surface area contributed by atoms with Crippen LogP contribution in [0.5, 0.6) is 11.5 Å². The van der Waals surface area contributed by atoms with E-state index in [4.69, 9.17) is 9.47 Å². The van der Waals surface area contributed by atoms with Crippen molar-refractivity contribution in [3.63, 3.8) is 0 Å². The summed E-state index contributed by atoms with van der Waals surface area (Å²) < 4.78 is 12.5. The molecule has 1 aromatic carbocycles. The van der Waals surface area contributed by atoms with E-state index in [-0.39, 0.29) is 18.1 Å². The molecule has 0 radical (unpaired) electrons. The molecule has 2 atom stereocenters. The normalized spacial score (nSPS) is 25.2. The van der Waals surface area contributed by atoms with E-state index >= 15 is 0 Å². The van der Waals surface area contributed by atoms with Crippen LogP contribution < -0.4 is 14.8 Å². The molecule has 2 unspecified atom stereocenters. The topological polar surface area (TPSA) is 71.0 Å². The zero-order valence-electron chi connectivity index (χ0n) is 13.2. The number of nitrogens with one attached hydrogen (secondary N) is 1. The molecule has 2 aliphatic heterocycles. The monoisotopic (exact) mass is 384 g/mol. The van der Waals surface area contributed by atoms with Crippen LogP contribution in [0.15, 0.2) is 16.6 Å². The van der Waals surface area contributed by atoms with Gasteiger partial charge in [0.2, 0.25) is 0 Å². The van der Waals surface area contributed by atoms with Crippen LogP contribution in [0.1, 0.15) is 18.0 Å². The summed E-state index contributed by atoms with van der Waals surface area (Å²) in [5, 5.41) is 12.5. The average Bonchev–Trinajstić information content (AvgIpc) is 2.96. The maximum Gasteiger partial charge on any atom is 0.307 e. The van der Waals surface area contributed by atoms with Gasteiger partial charge in [0.05, 0.1) is 13.0 Å². The third kappa shape index (κ3) is 3.46. The van der Waals surface area contributed by atoms with Gasteiger partial charge in [0.15, 0.2) is 11.5 Å². The molecule has 2 saturated heterocycles. The van der Waals surface area contributed by atoms with Crippen molar-refractivity contribution in [2.24, 2.45) is 5.92 Å². The predicted molar refractivity (Wildman–Crippen MR) is 89.1 cm³/mol. The van der Waals surface area contributed by atoms with Gasteiger partial charge in [0.1, 0.15) is 6.10 Å². The van der Waals surface area contributed by atoms with Gasteiger partial charge in [-0.2, -0.15) is 0 Å². The Balaban J connectivity index is 1.88. The molecule has 7 heteroatoms. The summed E-state index contributed by atoms with van der Waals surface area (Å²) in [5.74, 6) is 0.263. The van der Waals surface area contributed by atoms with E-state index in [1.54, 1.807) is 7.11 Å². The number of likely N-dealkylation sites (tertiary alicyclic amines) is 1. The quantitative estimate of drug-likeness (QED) is 0.807. The molecule has 3 rings (SSSR count). The van der Waals surface area contributed by atoms with E-state index in [1.807, 2.05) is 12.1 Å².